The van der Waals surface area contributed by atoms with Crippen molar-refractivity contribution in [1.82, 2.24) is 0 Å². The Balaban J connectivity index is 1.46. The fourth-order valence-electron chi connectivity index (χ4n) is 6.27. The average molecular weight is 525 g/mol. The maximum atomic E-state index is 13.9. The summed E-state index contributed by atoms with van der Waals surface area (Å²) in [6.07, 6.45) is 4.62. The first-order valence-electron chi connectivity index (χ1n) is 13.8. The van der Waals surface area contributed by atoms with Gasteiger partial charge < -0.3 is 9.64 Å². The van der Waals surface area contributed by atoms with Crippen molar-refractivity contribution in [3.8, 4) is 0 Å². The van der Waals surface area contributed by atoms with Crippen LogP contribution in [0.25, 0.3) is 0 Å². The van der Waals surface area contributed by atoms with Crippen molar-refractivity contribution >= 4 is 27.2 Å². The molecular formula is C30H40N2O4S. The van der Waals surface area contributed by atoms with Crippen molar-refractivity contribution in [2.45, 2.75) is 70.7 Å². The van der Waals surface area contributed by atoms with Crippen molar-refractivity contribution in [3.63, 3.8) is 0 Å². The summed E-state index contributed by atoms with van der Waals surface area (Å²) < 4.78 is 35.0. The Morgan fingerprint density at radius 3 is 2.46 bits per heavy atom. The third kappa shape index (κ3) is 4.92. The number of anilines is 2. The van der Waals surface area contributed by atoms with Crippen molar-refractivity contribution < 1.29 is 17.9 Å². The maximum absolute atomic E-state index is 13.9. The van der Waals surface area contributed by atoms with Gasteiger partial charge in [-0.25, -0.2) is 8.42 Å². The average Bonchev–Trinajstić information content (AvgIpc) is 3.60. The molecule has 2 heterocycles. The number of aryl methyl sites for hydroxylation is 1. The number of fused-ring (bicyclic) bond motifs is 1. The van der Waals surface area contributed by atoms with Gasteiger partial charge in [-0.15, -0.1) is 0 Å². The molecule has 2 unspecified atom stereocenters. The molecule has 3 aliphatic rings. The molecule has 2 aliphatic heterocycles. The van der Waals surface area contributed by atoms with Gasteiger partial charge in [0, 0.05) is 50.0 Å². The first kappa shape index (κ1) is 26.2. The van der Waals surface area contributed by atoms with E-state index in [-0.39, 0.29) is 22.0 Å². The van der Waals surface area contributed by atoms with Crippen molar-refractivity contribution in [3.05, 3.63) is 53.6 Å². The van der Waals surface area contributed by atoms with E-state index in [1.807, 2.05) is 44.2 Å². The van der Waals surface area contributed by atoms with Crippen molar-refractivity contribution in [2.24, 2.45) is 17.3 Å². The molecule has 1 saturated heterocycles. The molecule has 5 rings (SSSR count). The summed E-state index contributed by atoms with van der Waals surface area (Å²) in [5, 5.41) is 0. The molecule has 0 radical (unpaired) electrons. The normalized spacial score (nSPS) is 24.3. The molecule has 2 aromatic rings. The Hall–Kier alpha value is -2.38. The number of benzene rings is 2. The van der Waals surface area contributed by atoms with Crippen LogP contribution in [0, 0.1) is 17.3 Å². The van der Waals surface area contributed by atoms with E-state index in [9.17, 15) is 13.2 Å². The van der Waals surface area contributed by atoms with Crippen molar-refractivity contribution in [1.29, 1.82) is 0 Å². The first-order chi connectivity index (χ1) is 17.6. The van der Waals surface area contributed by atoms with Crippen LogP contribution >= 0.6 is 0 Å². The SMILES string of the molecule is CCc1ccc(N(CC(C)C)S(=O)(=O)c2ccc3c(c2)C(=O)CCN3C2CC2(C)C2CCOCC2)cc1. The Kier molecular flexibility index (Phi) is 7.14. The number of ketones is 1. The Morgan fingerprint density at radius 2 is 1.81 bits per heavy atom. The molecule has 0 bridgehead atoms. The van der Waals surface area contributed by atoms with Gasteiger partial charge in [-0.1, -0.05) is 39.8 Å². The molecule has 6 nitrogen and oxygen atoms in total. The summed E-state index contributed by atoms with van der Waals surface area (Å²) in [4.78, 5) is 15.6. The third-order valence-electron chi connectivity index (χ3n) is 8.67. The molecule has 2 aromatic carbocycles. The summed E-state index contributed by atoms with van der Waals surface area (Å²) >= 11 is 0. The number of carbonyl (C=O) groups excluding carboxylic acids is 1. The summed E-state index contributed by atoms with van der Waals surface area (Å²) in [7, 11) is -3.84. The van der Waals surface area contributed by atoms with E-state index in [2.05, 4.69) is 18.7 Å². The van der Waals surface area contributed by atoms with E-state index in [1.165, 1.54) is 4.31 Å². The second-order valence-electron chi connectivity index (χ2n) is 11.6. The lowest BCUT2D eigenvalue weighted by molar-refractivity contribution is 0.0431. The standard InChI is InChI=1S/C30H40N2O4S/c1-5-22-6-8-24(9-7-22)32(20-21(2)3)37(34,35)25-10-11-27-26(18-25)28(33)12-15-31(27)29-19-30(29,4)23-13-16-36-17-14-23/h6-11,18,21,23,29H,5,12-17,19-20H2,1-4H3. The third-order valence-corrected chi connectivity index (χ3v) is 10.5. The minimum Gasteiger partial charge on any atom is -0.381 e. The van der Waals surface area contributed by atoms with E-state index < -0.39 is 10.0 Å². The fraction of sp³-hybridized carbons (Fsp3) is 0.567. The van der Waals surface area contributed by atoms with Gasteiger partial charge in [-0.2, -0.15) is 0 Å². The Labute approximate surface area is 222 Å². The predicted molar refractivity (Wildman–Crippen MR) is 148 cm³/mol. The Morgan fingerprint density at radius 1 is 1.11 bits per heavy atom. The number of carbonyl (C=O) groups is 1. The zero-order valence-electron chi connectivity index (χ0n) is 22.6. The number of ether oxygens (including phenoxy) is 1. The second-order valence-corrected chi connectivity index (χ2v) is 13.5. The maximum Gasteiger partial charge on any atom is 0.264 e. The van der Waals surface area contributed by atoms with Gasteiger partial charge in [0.25, 0.3) is 10.0 Å². The molecule has 0 spiro atoms. The van der Waals surface area contributed by atoms with Gasteiger partial charge in [0.05, 0.1) is 10.6 Å². The minimum absolute atomic E-state index is 0.0272. The lowest BCUT2D eigenvalue weighted by Gasteiger charge is -2.36. The second kappa shape index (κ2) is 10.1. The number of hydrogen-bond acceptors (Lipinski definition) is 5. The van der Waals surface area contributed by atoms with Gasteiger partial charge in [0.1, 0.15) is 0 Å². The number of sulfonamides is 1. The van der Waals surface area contributed by atoms with E-state index >= 15 is 0 Å². The Bertz CT molecular complexity index is 1250. The van der Waals surface area contributed by atoms with Gasteiger partial charge in [0.15, 0.2) is 5.78 Å². The summed E-state index contributed by atoms with van der Waals surface area (Å²) in [6.45, 7) is 11.2. The molecule has 0 N–H and O–H groups in total. The zero-order chi connectivity index (χ0) is 26.4. The number of nitrogens with zero attached hydrogens (tertiary/aromatic N) is 2. The quantitative estimate of drug-likeness (QED) is 0.443. The zero-order valence-corrected chi connectivity index (χ0v) is 23.4. The van der Waals surface area contributed by atoms with E-state index in [0.29, 0.717) is 42.7 Å². The molecule has 0 amide bonds. The number of rotatable bonds is 8. The fourth-order valence-corrected chi connectivity index (χ4v) is 7.92. The van der Waals surface area contributed by atoms with Crippen LogP contribution in [-0.2, 0) is 21.2 Å². The number of Topliss-reactive ketones (excluding diaryl/α,β-unsaturated/α-hetero) is 1. The van der Waals surface area contributed by atoms with Crippen LogP contribution in [0.3, 0.4) is 0 Å². The minimum atomic E-state index is -3.84. The highest BCUT2D eigenvalue weighted by atomic mass is 32.2. The summed E-state index contributed by atoms with van der Waals surface area (Å²) in [5.41, 5.74) is 3.48. The monoisotopic (exact) mass is 524 g/mol. The number of hydrogen-bond donors (Lipinski definition) is 0. The van der Waals surface area contributed by atoms with Crippen LogP contribution in [0.1, 0.15) is 69.3 Å². The van der Waals surface area contributed by atoms with Gasteiger partial charge in [0.2, 0.25) is 0 Å². The van der Waals surface area contributed by atoms with Gasteiger partial charge >= 0.3 is 0 Å². The molecule has 0 aromatic heterocycles. The first-order valence-corrected chi connectivity index (χ1v) is 15.2. The van der Waals surface area contributed by atoms with Gasteiger partial charge in [-0.3, -0.25) is 9.10 Å². The van der Waals surface area contributed by atoms with E-state index in [4.69, 9.17) is 4.74 Å². The highest BCUT2D eigenvalue weighted by molar-refractivity contribution is 7.92. The van der Waals surface area contributed by atoms with Gasteiger partial charge in [-0.05, 0) is 78.8 Å². The molecule has 200 valence electrons. The lowest BCUT2D eigenvalue weighted by atomic mass is 9.83. The molecule has 37 heavy (non-hydrogen) atoms. The van der Waals surface area contributed by atoms with Crippen LogP contribution in [0.2, 0.25) is 0 Å². The largest absolute Gasteiger partial charge is 0.381 e. The summed E-state index contributed by atoms with van der Waals surface area (Å²) in [5.74, 6) is 0.809. The molecule has 1 saturated carbocycles. The molecule has 2 fully saturated rings. The molecule has 1 aliphatic carbocycles. The van der Waals surface area contributed by atoms with Crippen LogP contribution in [0.4, 0.5) is 11.4 Å². The smallest absolute Gasteiger partial charge is 0.264 e. The molecule has 2 atom stereocenters. The van der Waals surface area contributed by atoms with E-state index in [1.54, 1.807) is 12.1 Å². The van der Waals surface area contributed by atoms with Crippen LogP contribution < -0.4 is 9.21 Å². The van der Waals surface area contributed by atoms with Crippen LogP contribution in [0.5, 0.6) is 0 Å². The van der Waals surface area contributed by atoms with Crippen molar-refractivity contribution in [2.75, 3.05) is 35.5 Å². The highest BCUT2D eigenvalue weighted by Gasteiger charge is 2.58. The van der Waals surface area contributed by atoms with Crippen LogP contribution in [-0.4, -0.2) is 46.5 Å². The molecular weight excluding hydrogens is 484 g/mol. The molecule has 7 heteroatoms. The topological polar surface area (TPSA) is 66.9 Å². The predicted octanol–water partition coefficient (Wildman–Crippen LogP) is 5.70. The van der Waals surface area contributed by atoms with E-state index in [0.717, 1.165) is 50.1 Å². The van der Waals surface area contributed by atoms with Crippen LogP contribution in [0.15, 0.2) is 47.4 Å². The highest BCUT2D eigenvalue weighted by Crippen LogP contribution is 2.58. The summed E-state index contributed by atoms with van der Waals surface area (Å²) in [6, 6.07) is 13.3. The lowest BCUT2D eigenvalue weighted by Crippen LogP contribution is -2.39.